The van der Waals surface area contributed by atoms with Gasteiger partial charge in [-0.15, -0.1) is 0 Å². The summed E-state index contributed by atoms with van der Waals surface area (Å²) in [7, 11) is 1.65. The number of methoxy groups -OCH3 is 1. The summed E-state index contributed by atoms with van der Waals surface area (Å²) in [5.41, 5.74) is 6.90. The van der Waals surface area contributed by atoms with Gasteiger partial charge in [0.05, 0.1) is 19.3 Å². The third-order valence-corrected chi connectivity index (χ3v) is 9.26. The zero-order valence-electron chi connectivity index (χ0n) is 21.4. The van der Waals surface area contributed by atoms with E-state index in [1.54, 1.807) is 13.2 Å². The molecule has 1 aliphatic heterocycles. The van der Waals surface area contributed by atoms with Crippen molar-refractivity contribution in [1.82, 2.24) is 15.2 Å². The Hall–Kier alpha value is -2.72. The average Bonchev–Trinajstić information content (AvgIpc) is 3.63. The van der Waals surface area contributed by atoms with Crippen LogP contribution in [0.3, 0.4) is 0 Å². The Morgan fingerprint density at radius 3 is 2.81 bits per heavy atom. The summed E-state index contributed by atoms with van der Waals surface area (Å²) < 4.78 is 5.58. The van der Waals surface area contributed by atoms with Crippen molar-refractivity contribution in [3.8, 4) is 5.75 Å². The van der Waals surface area contributed by atoms with E-state index in [0.717, 1.165) is 53.6 Å². The smallest absolute Gasteiger partial charge is 0.261 e. The van der Waals surface area contributed by atoms with E-state index < -0.39 is 28.7 Å². The van der Waals surface area contributed by atoms with Crippen molar-refractivity contribution in [3.63, 3.8) is 0 Å². The first kappa shape index (κ1) is 24.6. The number of aliphatic hydroxyl groups is 2. The zero-order chi connectivity index (χ0) is 26.1. The highest BCUT2D eigenvalue weighted by molar-refractivity contribution is 5.94. The summed E-state index contributed by atoms with van der Waals surface area (Å²) in [6, 6.07) is 7.69. The van der Waals surface area contributed by atoms with Crippen LogP contribution in [-0.2, 0) is 18.3 Å². The number of carbonyl (C=O) groups is 1. The monoisotopic (exact) mass is 508 g/mol. The van der Waals surface area contributed by atoms with Crippen molar-refractivity contribution >= 4 is 5.91 Å². The van der Waals surface area contributed by atoms with Crippen molar-refractivity contribution in [2.75, 3.05) is 26.7 Å². The van der Waals surface area contributed by atoms with E-state index in [-0.39, 0.29) is 18.2 Å². The van der Waals surface area contributed by atoms with Gasteiger partial charge in [0.25, 0.3) is 11.5 Å². The lowest BCUT2D eigenvalue weighted by Gasteiger charge is -2.55. The van der Waals surface area contributed by atoms with Gasteiger partial charge in [-0.2, -0.15) is 0 Å². The van der Waals surface area contributed by atoms with Crippen LogP contribution in [0.2, 0.25) is 0 Å². The topological polar surface area (TPSA) is 141 Å². The number of ether oxygens (including phenoxy) is 1. The highest BCUT2D eigenvalue weighted by Crippen LogP contribution is 2.62. The summed E-state index contributed by atoms with van der Waals surface area (Å²) >= 11 is 0. The molecule has 2 saturated carbocycles. The van der Waals surface area contributed by atoms with Crippen molar-refractivity contribution in [1.29, 1.82) is 0 Å². The van der Waals surface area contributed by atoms with Crippen LogP contribution in [0.1, 0.15) is 52.0 Å². The molecule has 2 aromatic rings. The fraction of sp³-hybridized carbons (Fsp3) is 0.571. The van der Waals surface area contributed by atoms with Crippen LogP contribution >= 0.6 is 0 Å². The van der Waals surface area contributed by atoms with E-state index in [9.17, 15) is 19.8 Å². The first-order valence-corrected chi connectivity index (χ1v) is 13.2. The Labute approximate surface area is 216 Å². The molecule has 6 N–H and O–H groups in total. The SMILES string of the molecule is COc1ccc(C)c(C23Cc4[nH]c(=O)c(C(=O)NCC(N)O)cc4CC2(O)C2C(CN2CC2CC2)C3)c1. The van der Waals surface area contributed by atoms with Gasteiger partial charge in [0.1, 0.15) is 17.5 Å². The molecule has 0 spiro atoms. The highest BCUT2D eigenvalue weighted by atomic mass is 16.5. The number of aromatic nitrogens is 1. The summed E-state index contributed by atoms with van der Waals surface area (Å²) in [4.78, 5) is 31.1. The molecule has 198 valence electrons. The molecule has 9 nitrogen and oxygen atoms in total. The van der Waals surface area contributed by atoms with Gasteiger partial charge < -0.3 is 31.0 Å². The second-order valence-electron chi connectivity index (χ2n) is 11.6. The number of aryl methyl sites for hydroxylation is 1. The molecule has 0 bridgehead atoms. The third-order valence-electron chi connectivity index (χ3n) is 9.26. The predicted molar refractivity (Wildman–Crippen MR) is 138 cm³/mol. The zero-order valence-corrected chi connectivity index (χ0v) is 21.4. The standard InChI is InChI=1S/C28H36N4O5/c1-15-3-6-19(37-2)8-21(15)27-9-18-14-32(13-16-4-5-16)24(18)28(27,36)10-17-7-20(25(34)30-12-23(29)33)26(35)31-22(17)11-27/h3,6-8,16,18,23-24,33,36H,4-5,9-14,29H2,1-2H3,(H,30,34)(H,31,35). The van der Waals surface area contributed by atoms with Crippen LogP contribution in [0.15, 0.2) is 29.1 Å². The number of hydrogen-bond acceptors (Lipinski definition) is 7. The number of likely N-dealkylation sites (tertiary alicyclic amines) is 1. The first-order valence-electron chi connectivity index (χ1n) is 13.2. The number of benzene rings is 1. The first-order chi connectivity index (χ1) is 17.6. The minimum atomic E-state index is -1.21. The van der Waals surface area contributed by atoms with Gasteiger partial charge in [0, 0.05) is 43.1 Å². The molecular formula is C28H36N4O5. The maximum absolute atomic E-state index is 13.0. The molecule has 1 aromatic heterocycles. The Kier molecular flexibility index (Phi) is 5.76. The number of fused-ring (bicyclic) bond motifs is 4. The van der Waals surface area contributed by atoms with Crippen LogP contribution in [0.5, 0.6) is 5.75 Å². The molecule has 9 heteroatoms. The number of nitrogens with zero attached hydrogens (tertiary/aromatic N) is 1. The van der Waals surface area contributed by atoms with Crippen LogP contribution in [0.4, 0.5) is 0 Å². The largest absolute Gasteiger partial charge is 0.497 e. The van der Waals surface area contributed by atoms with Gasteiger partial charge in [-0.05, 0) is 72.9 Å². The normalized spacial score (nSPS) is 31.1. The number of nitrogens with two attached hydrogens (primary N) is 1. The van der Waals surface area contributed by atoms with Gasteiger partial charge in [0.15, 0.2) is 0 Å². The second kappa shape index (κ2) is 8.66. The molecule has 2 heterocycles. The highest BCUT2D eigenvalue weighted by Gasteiger charge is 2.70. The molecule has 4 aliphatic rings. The summed E-state index contributed by atoms with van der Waals surface area (Å²) in [6.07, 6.45) is 2.97. The number of nitrogens with one attached hydrogen (secondary N) is 2. The van der Waals surface area contributed by atoms with Crippen LogP contribution < -0.4 is 21.3 Å². The number of aromatic amines is 1. The maximum Gasteiger partial charge on any atom is 0.261 e. The van der Waals surface area contributed by atoms with Gasteiger partial charge in [-0.25, -0.2) is 0 Å². The van der Waals surface area contributed by atoms with Crippen molar-refractivity contribution in [3.05, 3.63) is 62.6 Å². The molecule has 3 aliphatic carbocycles. The van der Waals surface area contributed by atoms with Gasteiger partial charge >= 0.3 is 0 Å². The number of hydrogen-bond donors (Lipinski definition) is 5. The Balaban J connectivity index is 1.45. The fourth-order valence-corrected chi connectivity index (χ4v) is 7.43. The number of aliphatic hydroxyl groups excluding tert-OH is 1. The number of carbonyl (C=O) groups excluding carboxylic acids is 1. The van der Waals surface area contributed by atoms with Gasteiger partial charge in [-0.1, -0.05) is 6.07 Å². The molecule has 0 radical (unpaired) electrons. The molecule has 1 amide bonds. The lowest BCUT2D eigenvalue weighted by atomic mass is 9.59. The van der Waals surface area contributed by atoms with E-state index in [1.165, 1.54) is 12.8 Å². The van der Waals surface area contributed by atoms with Crippen LogP contribution in [0.25, 0.3) is 0 Å². The predicted octanol–water partition coefficient (Wildman–Crippen LogP) is 0.581. The van der Waals surface area contributed by atoms with E-state index in [1.807, 2.05) is 12.1 Å². The quantitative estimate of drug-likeness (QED) is 0.345. The van der Waals surface area contributed by atoms with Crippen molar-refractivity contribution in [2.45, 2.75) is 62.3 Å². The van der Waals surface area contributed by atoms with E-state index in [4.69, 9.17) is 10.5 Å². The number of pyridine rings is 1. The molecule has 5 unspecified atom stereocenters. The Morgan fingerprint density at radius 1 is 1.32 bits per heavy atom. The Morgan fingerprint density at radius 2 is 2.11 bits per heavy atom. The molecule has 37 heavy (non-hydrogen) atoms. The van der Waals surface area contributed by atoms with Crippen molar-refractivity contribution < 1.29 is 19.7 Å². The Bertz CT molecular complexity index is 1300. The molecule has 5 atom stereocenters. The fourth-order valence-electron chi connectivity index (χ4n) is 7.43. The van der Waals surface area contributed by atoms with Gasteiger partial charge in [-0.3, -0.25) is 14.5 Å². The van der Waals surface area contributed by atoms with Gasteiger partial charge in [0.2, 0.25) is 0 Å². The lowest BCUT2D eigenvalue weighted by molar-refractivity contribution is -0.118. The number of amides is 1. The van der Waals surface area contributed by atoms with E-state index in [2.05, 4.69) is 28.2 Å². The molecule has 6 rings (SSSR count). The summed E-state index contributed by atoms with van der Waals surface area (Å²) in [5, 5.41) is 24.6. The molecule has 1 saturated heterocycles. The molecule has 3 fully saturated rings. The van der Waals surface area contributed by atoms with Crippen molar-refractivity contribution in [2.24, 2.45) is 17.6 Å². The second-order valence-corrected chi connectivity index (χ2v) is 11.6. The average molecular weight is 509 g/mol. The molecular weight excluding hydrogens is 472 g/mol. The summed E-state index contributed by atoms with van der Waals surface area (Å²) in [5.74, 6) is 1.24. The third kappa shape index (κ3) is 3.82. The minimum absolute atomic E-state index is 0.0310. The number of H-pyrrole nitrogens is 1. The molecule has 1 aromatic carbocycles. The lowest BCUT2D eigenvalue weighted by Crippen LogP contribution is -2.68. The van der Waals surface area contributed by atoms with Crippen LogP contribution in [-0.4, -0.2) is 70.6 Å². The minimum Gasteiger partial charge on any atom is -0.497 e. The van der Waals surface area contributed by atoms with E-state index in [0.29, 0.717) is 18.8 Å². The van der Waals surface area contributed by atoms with Crippen LogP contribution in [0, 0.1) is 18.8 Å². The van der Waals surface area contributed by atoms with E-state index >= 15 is 0 Å². The number of rotatable bonds is 7. The summed E-state index contributed by atoms with van der Waals surface area (Å²) in [6.45, 7) is 3.92. The maximum atomic E-state index is 13.0.